The van der Waals surface area contributed by atoms with Crippen LogP contribution in [-0.2, 0) is 6.54 Å². The molecule has 142 valence electrons. The SMILES string of the molecule is CCn1c(-c2cc(NC(=O)c3ccc(C)cc3)n[nH]2)cc2c(OC)cccc21. The van der Waals surface area contributed by atoms with E-state index in [1.54, 1.807) is 19.2 Å². The van der Waals surface area contributed by atoms with Crippen LogP contribution in [-0.4, -0.2) is 27.8 Å². The summed E-state index contributed by atoms with van der Waals surface area (Å²) in [6.45, 7) is 4.89. The highest BCUT2D eigenvalue weighted by Gasteiger charge is 2.15. The number of amides is 1. The lowest BCUT2D eigenvalue weighted by Gasteiger charge is -2.06. The number of aromatic amines is 1. The molecule has 2 N–H and O–H groups in total. The van der Waals surface area contributed by atoms with E-state index < -0.39 is 0 Å². The van der Waals surface area contributed by atoms with Gasteiger partial charge in [0.1, 0.15) is 5.75 Å². The van der Waals surface area contributed by atoms with Gasteiger partial charge in [-0.3, -0.25) is 9.89 Å². The lowest BCUT2D eigenvalue weighted by Crippen LogP contribution is -2.11. The zero-order valence-electron chi connectivity index (χ0n) is 16.1. The highest BCUT2D eigenvalue weighted by atomic mass is 16.5. The van der Waals surface area contributed by atoms with Crippen LogP contribution in [0.3, 0.4) is 0 Å². The molecule has 0 atom stereocenters. The second-order valence-corrected chi connectivity index (χ2v) is 6.65. The van der Waals surface area contributed by atoms with Crippen molar-refractivity contribution in [2.45, 2.75) is 20.4 Å². The Labute approximate surface area is 163 Å². The number of nitrogens with zero attached hydrogens (tertiary/aromatic N) is 2. The van der Waals surface area contributed by atoms with Crippen molar-refractivity contribution < 1.29 is 9.53 Å². The first kappa shape index (κ1) is 17.9. The Hall–Kier alpha value is -3.54. The predicted molar refractivity (Wildman–Crippen MR) is 111 cm³/mol. The fourth-order valence-corrected chi connectivity index (χ4v) is 3.41. The third-order valence-corrected chi connectivity index (χ3v) is 4.85. The van der Waals surface area contributed by atoms with Gasteiger partial charge in [0.2, 0.25) is 0 Å². The molecule has 6 heteroatoms. The lowest BCUT2D eigenvalue weighted by atomic mass is 10.1. The first-order chi connectivity index (χ1) is 13.6. The molecule has 0 aliphatic heterocycles. The van der Waals surface area contributed by atoms with E-state index in [2.05, 4.69) is 39.1 Å². The molecular weight excluding hydrogens is 352 g/mol. The average molecular weight is 374 g/mol. The Morgan fingerprint density at radius 3 is 2.68 bits per heavy atom. The van der Waals surface area contributed by atoms with Crippen molar-refractivity contribution >= 4 is 22.6 Å². The van der Waals surface area contributed by atoms with Crippen LogP contribution in [0.15, 0.2) is 54.6 Å². The number of rotatable bonds is 5. The monoisotopic (exact) mass is 374 g/mol. The number of hydrogen-bond donors (Lipinski definition) is 2. The number of ether oxygens (including phenoxy) is 1. The van der Waals surface area contributed by atoms with Crippen molar-refractivity contribution in [2.75, 3.05) is 12.4 Å². The van der Waals surface area contributed by atoms with Gasteiger partial charge >= 0.3 is 0 Å². The molecule has 1 amide bonds. The number of fused-ring (bicyclic) bond motifs is 1. The summed E-state index contributed by atoms with van der Waals surface area (Å²) < 4.78 is 7.69. The number of benzene rings is 2. The molecule has 0 saturated heterocycles. The van der Waals surface area contributed by atoms with Crippen LogP contribution >= 0.6 is 0 Å². The van der Waals surface area contributed by atoms with E-state index in [0.29, 0.717) is 11.4 Å². The fourth-order valence-electron chi connectivity index (χ4n) is 3.41. The summed E-state index contributed by atoms with van der Waals surface area (Å²) in [5, 5.41) is 11.2. The summed E-state index contributed by atoms with van der Waals surface area (Å²) in [4.78, 5) is 12.4. The molecule has 6 nitrogen and oxygen atoms in total. The van der Waals surface area contributed by atoms with Gasteiger partial charge in [0.25, 0.3) is 5.91 Å². The first-order valence-corrected chi connectivity index (χ1v) is 9.20. The number of carbonyl (C=O) groups excluding carboxylic acids is 1. The second-order valence-electron chi connectivity index (χ2n) is 6.65. The molecule has 4 rings (SSSR count). The molecule has 0 radical (unpaired) electrons. The normalized spacial score (nSPS) is 11.0. The maximum absolute atomic E-state index is 12.4. The lowest BCUT2D eigenvalue weighted by molar-refractivity contribution is 0.102. The van der Waals surface area contributed by atoms with Crippen LogP contribution in [0.4, 0.5) is 5.82 Å². The van der Waals surface area contributed by atoms with Gasteiger partial charge in [-0.2, -0.15) is 5.10 Å². The number of methoxy groups -OCH3 is 1. The van der Waals surface area contributed by atoms with Gasteiger partial charge in [0.15, 0.2) is 5.82 Å². The van der Waals surface area contributed by atoms with Crippen molar-refractivity contribution in [1.29, 1.82) is 0 Å². The number of hydrogen-bond acceptors (Lipinski definition) is 3. The minimum atomic E-state index is -0.184. The van der Waals surface area contributed by atoms with Gasteiger partial charge in [-0.05, 0) is 44.2 Å². The van der Waals surface area contributed by atoms with Crippen molar-refractivity contribution in [3.05, 3.63) is 65.7 Å². The molecule has 0 unspecified atom stereocenters. The zero-order chi connectivity index (χ0) is 19.7. The highest BCUT2D eigenvalue weighted by Crippen LogP contribution is 2.33. The average Bonchev–Trinajstić information content (AvgIpc) is 3.32. The molecule has 2 aromatic heterocycles. The van der Waals surface area contributed by atoms with Crippen molar-refractivity contribution in [3.8, 4) is 17.1 Å². The third kappa shape index (κ3) is 3.13. The largest absolute Gasteiger partial charge is 0.496 e. The standard InChI is InChI=1S/C22H22N4O2/c1-4-26-18-6-5-7-20(28-3)16(18)12-19(26)17-13-21(25-24-17)23-22(27)15-10-8-14(2)9-11-15/h5-13H,4H2,1-3H3,(H2,23,24,25,27). The topological polar surface area (TPSA) is 71.9 Å². The summed E-state index contributed by atoms with van der Waals surface area (Å²) in [6.07, 6.45) is 0. The van der Waals surface area contributed by atoms with Gasteiger partial charge < -0.3 is 14.6 Å². The smallest absolute Gasteiger partial charge is 0.256 e. The van der Waals surface area contributed by atoms with Gasteiger partial charge in [-0.1, -0.05) is 23.8 Å². The van der Waals surface area contributed by atoms with Crippen LogP contribution in [0.1, 0.15) is 22.8 Å². The second kappa shape index (κ2) is 7.23. The molecule has 0 fully saturated rings. The van der Waals surface area contributed by atoms with Crippen LogP contribution < -0.4 is 10.1 Å². The van der Waals surface area contributed by atoms with Crippen LogP contribution in [0.2, 0.25) is 0 Å². The molecular formula is C22H22N4O2. The Morgan fingerprint density at radius 2 is 1.96 bits per heavy atom. The van der Waals surface area contributed by atoms with E-state index in [-0.39, 0.29) is 5.91 Å². The summed E-state index contributed by atoms with van der Waals surface area (Å²) in [5.41, 5.74) is 4.63. The molecule has 28 heavy (non-hydrogen) atoms. The first-order valence-electron chi connectivity index (χ1n) is 9.20. The van der Waals surface area contributed by atoms with Gasteiger partial charge in [-0.15, -0.1) is 0 Å². The fraction of sp³-hybridized carbons (Fsp3) is 0.182. The van der Waals surface area contributed by atoms with E-state index in [0.717, 1.165) is 40.1 Å². The number of carbonyl (C=O) groups is 1. The quantitative estimate of drug-likeness (QED) is 0.535. The van der Waals surface area contributed by atoms with Crippen LogP contribution in [0.25, 0.3) is 22.3 Å². The molecule has 0 aliphatic carbocycles. The van der Waals surface area contributed by atoms with Crippen LogP contribution in [0.5, 0.6) is 5.75 Å². The van der Waals surface area contributed by atoms with E-state index >= 15 is 0 Å². The molecule has 2 aromatic carbocycles. The van der Waals surface area contributed by atoms with Crippen molar-refractivity contribution in [2.24, 2.45) is 0 Å². The number of aromatic nitrogens is 3. The molecule has 4 aromatic rings. The van der Waals surface area contributed by atoms with Crippen LogP contribution in [0, 0.1) is 6.92 Å². The van der Waals surface area contributed by atoms with E-state index in [4.69, 9.17) is 4.74 Å². The van der Waals surface area contributed by atoms with Crippen molar-refractivity contribution in [1.82, 2.24) is 14.8 Å². The molecule has 0 spiro atoms. The Morgan fingerprint density at radius 1 is 1.18 bits per heavy atom. The zero-order valence-corrected chi connectivity index (χ0v) is 16.1. The predicted octanol–water partition coefficient (Wildman–Crippen LogP) is 4.62. The van der Waals surface area contributed by atoms with E-state index in [1.165, 1.54) is 0 Å². The minimum absolute atomic E-state index is 0.184. The number of anilines is 1. The summed E-state index contributed by atoms with van der Waals surface area (Å²) >= 11 is 0. The van der Waals surface area contributed by atoms with E-state index in [9.17, 15) is 4.79 Å². The third-order valence-electron chi connectivity index (χ3n) is 4.85. The summed E-state index contributed by atoms with van der Waals surface area (Å²) in [5.74, 6) is 1.13. The number of aryl methyl sites for hydroxylation is 2. The van der Waals surface area contributed by atoms with Gasteiger partial charge in [-0.25, -0.2) is 0 Å². The Kier molecular flexibility index (Phi) is 4.61. The maximum Gasteiger partial charge on any atom is 0.256 e. The molecule has 0 aliphatic rings. The Balaban J connectivity index is 1.66. The van der Waals surface area contributed by atoms with Gasteiger partial charge in [0.05, 0.1) is 24.0 Å². The van der Waals surface area contributed by atoms with Crippen molar-refractivity contribution in [3.63, 3.8) is 0 Å². The van der Waals surface area contributed by atoms with Gasteiger partial charge in [0, 0.05) is 23.6 Å². The highest BCUT2D eigenvalue weighted by molar-refractivity contribution is 6.04. The Bertz CT molecular complexity index is 1140. The maximum atomic E-state index is 12.4. The van der Waals surface area contributed by atoms with E-state index in [1.807, 2.05) is 37.3 Å². The molecule has 0 bridgehead atoms. The molecule has 2 heterocycles. The molecule has 0 saturated carbocycles. The summed E-state index contributed by atoms with van der Waals surface area (Å²) in [6, 6.07) is 17.4. The number of H-pyrrole nitrogens is 1. The number of nitrogens with one attached hydrogen (secondary N) is 2. The summed E-state index contributed by atoms with van der Waals surface area (Å²) in [7, 11) is 1.67. The minimum Gasteiger partial charge on any atom is -0.496 e.